The normalized spacial score (nSPS) is 11.2. The minimum absolute atomic E-state index is 0.227. The molecule has 0 heterocycles. The first-order valence-electron chi connectivity index (χ1n) is 5.60. The molecule has 0 amide bonds. The van der Waals surface area contributed by atoms with Gasteiger partial charge in [-0.1, -0.05) is 49.8 Å². The maximum Gasteiger partial charge on any atom is 0.302 e. The lowest BCUT2D eigenvalue weighted by atomic mass is 10.1. The maximum atomic E-state index is 10.8. The van der Waals surface area contributed by atoms with Crippen LogP contribution in [0.15, 0.2) is 35.9 Å². The SMILES string of the molecule is CCC/C(=C\c1ccccc1)COC(C)=O. The number of esters is 1. The van der Waals surface area contributed by atoms with Crippen molar-refractivity contribution in [2.45, 2.75) is 26.7 Å². The van der Waals surface area contributed by atoms with Gasteiger partial charge >= 0.3 is 5.97 Å². The summed E-state index contributed by atoms with van der Waals surface area (Å²) in [6.45, 7) is 3.96. The van der Waals surface area contributed by atoms with Crippen LogP contribution in [0.2, 0.25) is 0 Å². The summed E-state index contributed by atoms with van der Waals surface area (Å²) in [6, 6.07) is 10.1. The standard InChI is InChI=1S/C14H18O2/c1-3-7-14(11-16-12(2)15)10-13-8-5-4-6-9-13/h4-6,8-10H,3,7,11H2,1-2H3/b14-10+. The van der Waals surface area contributed by atoms with Crippen LogP contribution in [0.1, 0.15) is 32.3 Å². The Morgan fingerprint density at radius 2 is 2.00 bits per heavy atom. The molecule has 0 N–H and O–H groups in total. The molecule has 0 saturated heterocycles. The number of benzene rings is 1. The van der Waals surface area contributed by atoms with Gasteiger partial charge in [0.25, 0.3) is 0 Å². The summed E-state index contributed by atoms with van der Waals surface area (Å²) in [5, 5.41) is 0. The van der Waals surface area contributed by atoms with Crippen molar-refractivity contribution in [3.63, 3.8) is 0 Å². The summed E-state index contributed by atoms with van der Waals surface area (Å²) in [5.41, 5.74) is 2.31. The van der Waals surface area contributed by atoms with Crippen LogP contribution in [0.25, 0.3) is 6.08 Å². The molecule has 0 aliphatic carbocycles. The molecule has 0 radical (unpaired) electrons. The van der Waals surface area contributed by atoms with Gasteiger partial charge in [-0.2, -0.15) is 0 Å². The third kappa shape index (κ3) is 4.78. The van der Waals surface area contributed by atoms with E-state index < -0.39 is 0 Å². The van der Waals surface area contributed by atoms with E-state index in [1.807, 2.05) is 30.3 Å². The number of rotatable bonds is 5. The average molecular weight is 218 g/mol. The lowest BCUT2D eigenvalue weighted by Gasteiger charge is -2.06. The Morgan fingerprint density at radius 1 is 1.31 bits per heavy atom. The van der Waals surface area contributed by atoms with Crippen molar-refractivity contribution in [3.05, 3.63) is 41.5 Å². The molecule has 0 bridgehead atoms. The zero-order valence-corrected chi connectivity index (χ0v) is 9.90. The van der Waals surface area contributed by atoms with E-state index in [0.29, 0.717) is 6.61 Å². The fourth-order valence-corrected chi connectivity index (χ4v) is 1.49. The number of hydrogen-bond donors (Lipinski definition) is 0. The van der Waals surface area contributed by atoms with Crippen molar-refractivity contribution in [1.29, 1.82) is 0 Å². The van der Waals surface area contributed by atoms with Gasteiger partial charge in [-0.3, -0.25) is 4.79 Å². The molecule has 1 rings (SSSR count). The molecule has 1 aromatic carbocycles. The molecule has 0 spiro atoms. The molecular formula is C14H18O2. The Hall–Kier alpha value is -1.57. The van der Waals surface area contributed by atoms with Crippen LogP contribution >= 0.6 is 0 Å². The second-order valence-corrected chi connectivity index (χ2v) is 3.74. The molecule has 0 aromatic heterocycles. The molecular weight excluding hydrogens is 200 g/mol. The zero-order valence-electron chi connectivity index (χ0n) is 9.90. The van der Waals surface area contributed by atoms with Crippen LogP contribution < -0.4 is 0 Å². The molecule has 0 aliphatic rings. The summed E-state index contributed by atoms with van der Waals surface area (Å²) in [5.74, 6) is -0.227. The molecule has 0 unspecified atom stereocenters. The number of carbonyl (C=O) groups excluding carboxylic acids is 1. The van der Waals surface area contributed by atoms with Crippen LogP contribution in [0.4, 0.5) is 0 Å². The Balaban J connectivity index is 2.68. The monoisotopic (exact) mass is 218 g/mol. The fourth-order valence-electron chi connectivity index (χ4n) is 1.49. The molecule has 0 saturated carbocycles. The Morgan fingerprint density at radius 3 is 2.56 bits per heavy atom. The summed E-state index contributed by atoms with van der Waals surface area (Å²) in [7, 11) is 0. The van der Waals surface area contributed by atoms with Crippen molar-refractivity contribution in [2.24, 2.45) is 0 Å². The highest BCUT2D eigenvalue weighted by molar-refractivity contribution is 5.66. The van der Waals surface area contributed by atoms with Gasteiger partial charge in [0, 0.05) is 6.92 Å². The third-order valence-corrected chi connectivity index (χ3v) is 2.20. The highest BCUT2D eigenvalue weighted by Gasteiger charge is 2.00. The summed E-state index contributed by atoms with van der Waals surface area (Å²) >= 11 is 0. The van der Waals surface area contributed by atoms with Gasteiger partial charge in [0.15, 0.2) is 0 Å². The van der Waals surface area contributed by atoms with Gasteiger partial charge in [-0.25, -0.2) is 0 Å². The molecule has 0 fully saturated rings. The molecule has 86 valence electrons. The van der Waals surface area contributed by atoms with Crippen molar-refractivity contribution in [3.8, 4) is 0 Å². The molecule has 16 heavy (non-hydrogen) atoms. The highest BCUT2D eigenvalue weighted by Crippen LogP contribution is 2.12. The van der Waals surface area contributed by atoms with E-state index in [1.54, 1.807) is 0 Å². The highest BCUT2D eigenvalue weighted by atomic mass is 16.5. The fraction of sp³-hybridized carbons (Fsp3) is 0.357. The summed E-state index contributed by atoms with van der Waals surface area (Å²) in [6.07, 6.45) is 4.11. The maximum absolute atomic E-state index is 10.8. The van der Waals surface area contributed by atoms with E-state index in [4.69, 9.17) is 4.74 Å². The van der Waals surface area contributed by atoms with Crippen LogP contribution in [0.3, 0.4) is 0 Å². The number of carbonyl (C=O) groups is 1. The van der Waals surface area contributed by atoms with Gasteiger partial charge in [-0.15, -0.1) is 0 Å². The largest absolute Gasteiger partial charge is 0.461 e. The number of ether oxygens (including phenoxy) is 1. The van der Waals surface area contributed by atoms with Crippen molar-refractivity contribution in [2.75, 3.05) is 6.61 Å². The Kier molecular flexibility index (Phi) is 5.34. The van der Waals surface area contributed by atoms with Gasteiger partial charge in [0.05, 0.1) is 0 Å². The van der Waals surface area contributed by atoms with Gasteiger partial charge < -0.3 is 4.74 Å². The minimum Gasteiger partial charge on any atom is -0.461 e. The van der Waals surface area contributed by atoms with Crippen LogP contribution in [0, 0.1) is 0 Å². The minimum atomic E-state index is -0.227. The van der Waals surface area contributed by atoms with E-state index in [-0.39, 0.29) is 5.97 Å². The Bertz CT molecular complexity index is 352. The van der Waals surface area contributed by atoms with Crippen LogP contribution in [-0.2, 0) is 9.53 Å². The van der Waals surface area contributed by atoms with Crippen LogP contribution in [-0.4, -0.2) is 12.6 Å². The summed E-state index contributed by atoms with van der Waals surface area (Å²) in [4.78, 5) is 10.8. The van der Waals surface area contributed by atoms with Crippen molar-refractivity contribution < 1.29 is 9.53 Å². The predicted octanol–water partition coefficient (Wildman–Crippen LogP) is 3.43. The zero-order chi connectivity index (χ0) is 11.8. The quantitative estimate of drug-likeness (QED) is 0.708. The van der Waals surface area contributed by atoms with Gasteiger partial charge in [0.1, 0.15) is 6.61 Å². The van der Waals surface area contributed by atoms with Crippen molar-refractivity contribution in [1.82, 2.24) is 0 Å². The first-order valence-corrected chi connectivity index (χ1v) is 5.60. The topological polar surface area (TPSA) is 26.3 Å². The van der Waals surface area contributed by atoms with E-state index >= 15 is 0 Å². The lowest BCUT2D eigenvalue weighted by molar-refractivity contribution is -0.140. The second-order valence-electron chi connectivity index (χ2n) is 3.74. The smallest absolute Gasteiger partial charge is 0.302 e. The molecule has 0 atom stereocenters. The van der Waals surface area contributed by atoms with Gasteiger partial charge in [-0.05, 0) is 17.6 Å². The molecule has 2 nitrogen and oxygen atoms in total. The molecule has 2 heteroatoms. The lowest BCUT2D eigenvalue weighted by Crippen LogP contribution is -2.03. The molecule has 0 aliphatic heterocycles. The summed E-state index contributed by atoms with van der Waals surface area (Å²) < 4.78 is 5.02. The third-order valence-electron chi connectivity index (χ3n) is 2.20. The van der Waals surface area contributed by atoms with Gasteiger partial charge in [0.2, 0.25) is 0 Å². The first-order chi connectivity index (χ1) is 7.72. The van der Waals surface area contributed by atoms with E-state index in [1.165, 1.54) is 6.92 Å². The second kappa shape index (κ2) is 6.83. The molecule has 1 aromatic rings. The average Bonchev–Trinajstić information content (AvgIpc) is 2.27. The number of hydrogen-bond acceptors (Lipinski definition) is 2. The first kappa shape index (κ1) is 12.5. The predicted molar refractivity (Wildman–Crippen MR) is 66.0 cm³/mol. The Labute approximate surface area is 96.9 Å². The van der Waals surface area contributed by atoms with E-state index in [9.17, 15) is 4.79 Å². The van der Waals surface area contributed by atoms with Crippen molar-refractivity contribution >= 4 is 12.0 Å². The van der Waals surface area contributed by atoms with Crippen LogP contribution in [0.5, 0.6) is 0 Å². The van der Waals surface area contributed by atoms with E-state index in [0.717, 1.165) is 24.0 Å². The van der Waals surface area contributed by atoms with E-state index in [2.05, 4.69) is 13.0 Å².